The van der Waals surface area contributed by atoms with E-state index in [4.69, 9.17) is 9.47 Å². The summed E-state index contributed by atoms with van der Waals surface area (Å²) >= 11 is 0. The van der Waals surface area contributed by atoms with Crippen molar-refractivity contribution in [3.8, 4) is 23.2 Å². The largest absolute Gasteiger partial charge is 0.493 e. The van der Waals surface area contributed by atoms with Crippen LogP contribution in [0.1, 0.15) is 19.4 Å². The van der Waals surface area contributed by atoms with E-state index in [0.717, 1.165) is 44.0 Å². The first-order chi connectivity index (χ1) is 14.2. The summed E-state index contributed by atoms with van der Waals surface area (Å²) in [5, 5.41) is 15.2. The van der Waals surface area contributed by atoms with Gasteiger partial charge in [0, 0.05) is 19.6 Å². The molecule has 2 aromatic carbocycles. The van der Waals surface area contributed by atoms with Crippen LogP contribution in [0.15, 0.2) is 48.5 Å². The number of para-hydroxylation sites is 1. The van der Waals surface area contributed by atoms with E-state index >= 15 is 0 Å². The first kappa shape index (κ1) is 20.8. The first-order valence-electron chi connectivity index (χ1n) is 9.86. The molecule has 1 aromatic heterocycles. The number of rotatable bonds is 11. The molecule has 29 heavy (non-hydrogen) atoms. The molecule has 0 aliphatic heterocycles. The van der Waals surface area contributed by atoms with Crippen LogP contribution in [0.5, 0.6) is 17.5 Å². The molecular weight excluding hydrogens is 368 g/mol. The SMILES string of the molecule is CCN(CC)CCNCc1ccc(Oc2nnnn2-c2ccccc2)c(OC)c1. The fraction of sp³-hybridized carbons (Fsp3) is 0.381. The first-order valence-corrected chi connectivity index (χ1v) is 9.86. The molecule has 0 saturated carbocycles. The van der Waals surface area contributed by atoms with Gasteiger partial charge in [-0.15, -0.1) is 0 Å². The van der Waals surface area contributed by atoms with Gasteiger partial charge in [0.05, 0.1) is 12.8 Å². The van der Waals surface area contributed by atoms with Gasteiger partial charge in [0.15, 0.2) is 11.5 Å². The summed E-state index contributed by atoms with van der Waals surface area (Å²) in [6.07, 6.45) is 0. The lowest BCUT2D eigenvalue weighted by atomic mass is 10.2. The highest BCUT2D eigenvalue weighted by molar-refractivity contribution is 5.44. The second kappa shape index (κ2) is 10.5. The number of likely N-dealkylation sites (N-methyl/N-ethyl adjacent to an activating group) is 1. The Morgan fingerprint density at radius 1 is 1.03 bits per heavy atom. The van der Waals surface area contributed by atoms with Crippen molar-refractivity contribution in [2.75, 3.05) is 33.3 Å². The van der Waals surface area contributed by atoms with E-state index in [0.29, 0.717) is 11.5 Å². The molecular formula is C21H28N6O2. The lowest BCUT2D eigenvalue weighted by Gasteiger charge is -2.18. The van der Waals surface area contributed by atoms with Crippen LogP contribution in [0.2, 0.25) is 0 Å². The van der Waals surface area contributed by atoms with E-state index in [1.807, 2.05) is 48.5 Å². The van der Waals surface area contributed by atoms with Crippen LogP contribution in [0.25, 0.3) is 5.69 Å². The Labute approximate surface area is 171 Å². The van der Waals surface area contributed by atoms with Crippen molar-refractivity contribution < 1.29 is 9.47 Å². The molecule has 0 atom stereocenters. The Bertz CT molecular complexity index is 880. The summed E-state index contributed by atoms with van der Waals surface area (Å²) in [5.41, 5.74) is 1.94. The highest BCUT2D eigenvalue weighted by atomic mass is 16.5. The number of nitrogens with one attached hydrogen (secondary N) is 1. The van der Waals surface area contributed by atoms with Gasteiger partial charge in [0.25, 0.3) is 0 Å². The Balaban J connectivity index is 1.65. The number of nitrogens with zero attached hydrogens (tertiary/aromatic N) is 5. The third kappa shape index (κ3) is 5.52. The van der Waals surface area contributed by atoms with Crippen LogP contribution in [-0.4, -0.2) is 58.4 Å². The minimum Gasteiger partial charge on any atom is -0.493 e. The van der Waals surface area contributed by atoms with Gasteiger partial charge in [-0.2, -0.15) is 4.68 Å². The fourth-order valence-corrected chi connectivity index (χ4v) is 2.99. The zero-order chi connectivity index (χ0) is 20.5. The summed E-state index contributed by atoms with van der Waals surface area (Å²) in [6.45, 7) is 9.24. The second-order valence-corrected chi connectivity index (χ2v) is 6.50. The van der Waals surface area contributed by atoms with Gasteiger partial charge >= 0.3 is 6.01 Å². The van der Waals surface area contributed by atoms with Crippen LogP contribution in [0.4, 0.5) is 0 Å². The predicted octanol–water partition coefficient (Wildman–Crippen LogP) is 2.89. The van der Waals surface area contributed by atoms with Gasteiger partial charge in [-0.1, -0.05) is 43.2 Å². The number of benzene rings is 2. The fourth-order valence-electron chi connectivity index (χ4n) is 2.99. The van der Waals surface area contributed by atoms with Crippen molar-refractivity contribution in [2.24, 2.45) is 0 Å². The molecule has 8 heteroatoms. The van der Waals surface area contributed by atoms with Crippen molar-refractivity contribution in [1.29, 1.82) is 0 Å². The molecule has 0 fully saturated rings. The Morgan fingerprint density at radius 3 is 2.55 bits per heavy atom. The van der Waals surface area contributed by atoms with Crippen molar-refractivity contribution >= 4 is 0 Å². The van der Waals surface area contributed by atoms with Crippen LogP contribution in [0, 0.1) is 0 Å². The van der Waals surface area contributed by atoms with Gasteiger partial charge in [0.1, 0.15) is 0 Å². The summed E-state index contributed by atoms with van der Waals surface area (Å²) in [5.74, 6) is 1.20. The van der Waals surface area contributed by atoms with Gasteiger partial charge < -0.3 is 19.7 Å². The van der Waals surface area contributed by atoms with E-state index < -0.39 is 0 Å². The molecule has 0 spiro atoms. The third-order valence-corrected chi connectivity index (χ3v) is 4.70. The Kier molecular flexibility index (Phi) is 7.54. The maximum absolute atomic E-state index is 5.94. The Morgan fingerprint density at radius 2 is 1.83 bits per heavy atom. The molecule has 0 aliphatic carbocycles. The van der Waals surface area contributed by atoms with Gasteiger partial charge in [-0.05, 0) is 53.3 Å². The summed E-state index contributed by atoms with van der Waals surface area (Å²) in [7, 11) is 1.62. The molecule has 1 N–H and O–H groups in total. The van der Waals surface area contributed by atoms with Gasteiger partial charge in [-0.3, -0.25) is 0 Å². The monoisotopic (exact) mass is 396 g/mol. The minimum atomic E-state index is 0.277. The van der Waals surface area contributed by atoms with Crippen LogP contribution < -0.4 is 14.8 Å². The number of aromatic nitrogens is 4. The van der Waals surface area contributed by atoms with Gasteiger partial charge in [0.2, 0.25) is 0 Å². The van der Waals surface area contributed by atoms with Crippen molar-refractivity contribution in [1.82, 2.24) is 30.4 Å². The second-order valence-electron chi connectivity index (χ2n) is 6.50. The number of tetrazole rings is 1. The molecule has 0 saturated heterocycles. The van der Waals surface area contributed by atoms with E-state index in [2.05, 4.69) is 39.6 Å². The molecule has 0 unspecified atom stereocenters. The van der Waals surface area contributed by atoms with E-state index in [1.165, 1.54) is 0 Å². The van der Waals surface area contributed by atoms with Crippen molar-refractivity contribution in [3.05, 3.63) is 54.1 Å². The highest BCUT2D eigenvalue weighted by Crippen LogP contribution is 2.32. The average Bonchev–Trinajstić information content (AvgIpc) is 3.23. The molecule has 0 radical (unpaired) electrons. The Hall–Kier alpha value is -2.97. The number of hydrogen-bond donors (Lipinski definition) is 1. The summed E-state index contributed by atoms with van der Waals surface area (Å²) in [6, 6.07) is 15.7. The van der Waals surface area contributed by atoms with Gasteiger partial charge in [-0.25, -0.2) is 0 Å². The lowest BCUT2D eigenvalue weighted by molar-refractivity contribution is 0.302. The molecule has 0 aliphatic rings. The van der Waals surface area contributed by atoms with Crippen LogP contribution >= 0.6 is 0 Å². The third-order valence-electron chi connectivity index (χ3n) is 4.70. The quantitative estimate of drug-likeness (QED) is 0.499. The normalized spacial score (nSPS) is 11.0. The van der Waals surface area contributed by atoms with Crippen molar-refractivity contribution in [2.45, 2.75) is 20.4 Å². The minimum absolute atomic E-state index is 0.277. The molecule has 154 valence electrons. The maximum Gasteiger partial charge on any atom is 0.346 e. The summed E-state index contributed by atoms with van der Waals surface area (Å²) in [4.78, 5) is 2.39. The van der Waals surface area contributed by atoms with Crippen LogP contribution in [0.3, 0.4) is 0 Å². The molecule has 0 amide bonds. The lowest BCUT2D eigenvalue weighted by Crippen LogP contribution is -2.31. The predicted molar refractivity (Wildman–Crippen MR) is 112 cm³/mol. The number of methoxy groups -OCH3 is 1. The maximum atomic E-state index is 5.94. The molecule has 3 rings (SSSR count). The highest BCUT2D eigenvalue weighted by Gasteiger charge is 2.14. The smallest absolute Gasteiger partial charge is 0.346 e. The number of ether oxygens (including phenoxy) is 2. The number of hydrogen-bond acceptors (Lipinski definition) is 7. The zero-order valence-corrected chi connectivity index (χ0v) is 17.2. The van der Waals surface area contributed by atoms with E-state index in [1.54, 1.807) is 11.8 Å². The van der Waals surface area contributed by atoms with E-state index in [-0.39, 0.29) is 6.01 Å². The van der Waals surface area contributed by atoms with Crippen LogP contribution in [-0.2, 0) is 6.54 Å². The topological polar surface area (TPSA) is 77.3 Å². The molecule has 1 heterocycles. The zero-order valence-electron chi connectivity index (χ0n) is 17.2. The van der Waals surface area contributed by atoms with Crippen molar-refractivity contribution in [3.63, 3.8) is 0 Å². The summed E-state index contributed by atoms with van der Waals surface area (Å²) < 4.78 is 13.0. The van der Waals surface area contributed by atoms with E-state index in [9.17, 15) is 0 Å². The molecule has 8 nitrogen and oxygen atoms in total. The molecule has 0 bridgehead atoms. The average molecular weight is 396 g/mol. The standard InChI is InChI=1S/C21H28N6O2/c1-4-26(5-2)14-13-22-16-17-11-12-19(20(15-17)28-3)29-21-23-24-25-27(21)18-9-7-6-8-10-18/h6-12,15,22H,4-5,13-14,16H2,1-3H3. The molecule has 3 aromatic rings.